The number of hydrogen-bond donors (Lipinski definition) is 2. The number of aryl methyl sites for hydroxylation is 1. The van der Waals surface area contributed by atoms with E-state index in [-0.39, 0.29) is 10.8 Å². The topological polar surface area (TPSA) is 120 Å². The second kappa shape index (κ2) is 9.75. The predicted octanol–water partition coefficient (Wildman–Crippen LogP) is 1.91. The zero-order valence-corrected chi connectivity index (χ0v) is 17.1. The van der Waals surface area contributed by atoms with Gasteiger partial charge in [-0.2, -0.15) is 0 Å². The molecule has 0 aliphatic carbocycles. The Labute approximate surface area is 169 Å². The van der Waals surface area contributed by atoms with Gasteiger partial charge in [0.1, 0.15) is 13.2 Å². The van der Waals surface area contributed by atoms with Crippen LogP contribution in [0.2, 0.25) is 0 Å². The van der Waals surface area contributed by atoms with Crippen molar-refractivity contribution >= 4 is 15.9 Å². The fraction of sp³-hybridized carbons (Fsp3) is 0.474. The molecule has 10 heteroatoms. The van der Waals surface area contributed by atoms with Crippen molar-refractivity contribution in [3.63, 3.8) is 0 Å². The van der Waals surface area contributed by atoms with Gasteiger partial charge in [-0.25, -0.2) is 13.1 Å². The summed E-state index contributed by atoms with van der Waals surface area (Å²) in [6, 6.07) is 6.34. The van der Waals surface area contributed by atoms with Crippen LogP contribution >= 0.6 is 0 Å². The zero-order valence-electron chi connectivity index (χ0n) is 16.3. The maximum absolute atomic E-state index is 12.4. The van der Waals surface area contributed by atoms with Crippen LogP contribution in [0.1, 0.15) is 37.1 Å². The van der Waals surface area contributed by atoms with Crippen LogP contribution in [0.4, 0.5) is 0 Å². The molecule has 3 rings (SSSR count). The second-order valence-electron chi connectivity index (χ2n) is 6.73. The highest BCUT2D eigenvalue weighted by atomic mass is 32.2. The largest absolute Gasteiger partial charge is 0.486 e. The molecule has 2 N–H and O–H groups in total. The number of sulfonamides is 1. The van der Waals surface area contributed by atoms with Crippen molar-refractivity contribution in [1.82, 2.24) is 15.2 Å². The summed E-state index contributed by atoms with van der Waals surface area (Å²) < 4.78 is 43.2. The SMILES string of the molecule is Cc1cc(CNC(=O)CCCCCNS(=O)(=O)c2ccc3c(c2)OCCO3)on1. The van der Waals surface area contributed by atoms with Crippen LogP contribution in [0.25, 0.3) is 0 Å². The lowest BCUT2D eigenvalue weighted by Gasteiger charge is -2.18. The van der Waals surface area contributed by atoms with Crippen LogP contribution in [0.15, 0.2) is 33.7 Å². The van der Waals surface area contributed by atoms with Crippen molar-refractivity contribution in [3.05, 3.63) is 35.7 Å². The summed E-state index contributed by atoms with van der Waals surface area (Å²) in [7, 11) is -3.62. The Bertz CT molecular complexity index is 941. The summed E-state index contributed by atoms with van der Waals surface area (Å²) >= 11 is 0. The first-order chi connectivity index (χ1) is 13.9. The standard InChI is InChI=1S/C19H25N3O6S/c1-14-11-15(28-22-14)13-20-19(23)5-3-2-4-8-21-29(24,25)16-6-7-17-18(12-16)27-10-9-26-17/h6-7,11-12,21H,2-5,8-10,13H2,1H3,(H,20,23). The Kier molecular flexibility index (Phi) is 7.10. The first kappa shape index (κ1) is 21.1. The van der Waals surface area contributed by atoms with E-state index in [4.69, 9.17) is 14.0 Å². The molecule has 1 aromatic heterocycles. The van der Waals surface area contributed by atoms with Crippen molar-refractivity contribution in [2.24, 2.45) is 0 Å². The highest BCUT2D eigenvalue weighted by Crippen LogP contribution is 2.32. The lowest BCUT2D eigenvalue weighted by atomic mass is 10.2. The number of carbonyl (C=O) groups is 1. The van der Waals surface area contributed by atoms with Gasteiger partial charge in [0.15, 0.2) is 17.3 Å². The van der Waals surface area contributed by atoms with Gasteiger partial charge in [0, 0.05) is 25.1 Å². The van der Waals surface area contributed by atoms with Gasteiger partial charge >= 0.3 is 0 Å². The molecule has 1 amide bonds. The molecule has 0 unspecified atom stereocenters. The van der Waals surface area contributed by atoms with Gasteiger partial charge in [-0.1, -0.05) is 11.6 Å². The van der Waals surface area contributed by atoms with Gasteiger partial charge in [-0.05, 0) is 31.9 Å². The van der Waals surface area contributed by atoms with E-state index in [0.717, 1.165) is 12.1 Å². The highest BCUT2D eigenvalue weighted by Gasteiger charge is 2.18. The minimum Gasteiger partial charge on any atom is -0.486 e. The third kappa shape index (κ3) is 6.20. The minimum absolute atomic E-state index is 0.0732. The van der Waals surface area contributed by atoms with Crippen molar-refractivity contribution in [3.8, 4) is 11.5 Å². The zero-order chi connectivity index (χ0) is 20.7. The van der Waals surface area contributed by atoms with E-state index in [0.29, 0.717) is 62.8 Å². The number of benzene rings is 1. The number of nitrogens with one attached hydrogen (secondary N) is 2. The molecule has 2 heterocycles. The van der Waals surface area contributed by atoms with E-state index in [1.807, 2.05) is 6.92 Å². The molecule has 0 fully saturated rings. The lowest BCUT2D eigenvalue weighted by molar-refractivity contribution is -0.121. The molecule has 0 atom stereocenters. The smallest absolute Gasteiger partial charge is 0.240 e. The van der Waals surface area contributed by atoms with Gasteiger partial charge in [0.05, 0.1) is 17.1 Å². The highest BCUT2D eigenvalue weighted by molar-refractivity contribution is 7.89. The molecule has 158 valence electrons. The summed E-state index contributed by atoms with van der Waals surface area (Å²) in [6.07, 6.45) is 2.42. The Morgan fingerprint density at radius 2 is 1.90 bits per heavy atom. The first-order valence-electron chi connectivity index (χ1n) is 9.52. The number of rotatable bonds is 10. The van der Waals surface area contributed by atoms with Crippen molar-refractivity contribution in [1.29, 1.82) is 0 Å². The third-order valence-corrected chi connectivity index (χ3v) is 5.79. The van der Waals surface area contributed by atoms with Gasteiger partial charge in [-0.3, -0.25) is 4.79 Å². The van der Waals surface area contributed by atoms with Crippen LogP contribution in [0.3, 0.4) is 0 Å². The molecule has 0 bridgehead atoms. The number of hydrogen-bond acceptors (Lipinski definition) is 7. The first-order valence-corrected chi connectivity index (χ1v) is 11.0. The lowest BCUT2D eigenvalue weighted by Crippen LogP contribution is -2.25. The van der Waals surface area contributed by atoms with Crippen molar-refractivity contribution in [2.45, 2.75) is 44.0 Å². The normalized spacial score (nSPS) is 13.3. The fourth-order valence-corrected chi connectivity index (χ4v) is 3.93. The van der Waals surface area contributed by atoms with Gasteiger partial charge in [0.25, 0.3) is 0 Å². The number of aromatic nitrogens is 1. The van der Waals surface area contributed by atoms with Crippen LogP contribution in [0.5, 0.6) is 11.5 Å². The molecule has 1 aromatic carbocycles. The Morgan fingerprint density at radius 1 is 1.10 bits per heavy atom. The summed E-state index contributed by atoms with van der Waals surface area (Å²) in [5, 5.41) is 6.53. The summed E-state index contributed by atoms with van der Waals surface area (Å²) in [4.78, 5) is 12.0. The maximum atomic E-state index is 12.4. The van der Waals surface area contributed by atoms with Gasteiger partial charge in [-0.15, -0.1) is 0 Å². The molecule has 29 heavy (non-hydrogen) atoms. The summed E-state index contributed by atoms with van der Waals surface area (Å²) in [6.45, 7) is 3.28. The molecule has 2 aromatic rings. The van der Waals surface area contributed by atoms with Crippen molar-refractivity contribution in [2.75, 3.05) is 19.8 Å². The number of unbranched alkanes of at least 4 members (excludes halogenated alkanes) is 2. The van der Waals surface area contributed by atoms with E-state index in [1.165, 1.54) is 12.1 Å². The van der Waals surface area contributed by atoms with Crippen LogP contribution in [-0.4, -0.2) is 39.2 Å². The Hall–Kier alpha value is -2.59. The van der Waals surface area contributed by atoms with Gasteiger partial charge in [0.2, 0.25) is 15.9 Å². The summed E-state index contributed by atoms with van der Waals surface area (Å²) in [5.74, 6) is 1.53. The molecule has 0 saturated heterocycles. The van der Waals surface area contributed by atoms with E-state index >= 15 is 0 Å². The van der Waals surface area contributed by atoms with E-state index in [9.17, 15) is 13.2 Å². The summed E-state index contributed by atoms with van der Waals surface area (Å²) in [5.41, 5.74) is 0.771. The van der Waals surface area contributed by atoms with Gasteiger partial charge < -0.3 is 19.3 Å². The molecule has 1 aliphatic rings. The molecule has 9 nitrogen and oxygen atoms in total. The average molecular weight is 423 g/mol. The predicted molar refractivity (Wildman–Crippen MR) is 104 cm³/mol. The van der Waals surface area contributed by atoms with E-state index in [2.05, 4.69) is 15.2 Å². The molecular weight excluding hydrogens is 398 g/mol. The fourth-order valence-electron chi connectivity index (χ4n) is 2.84. The van der Waals surface area contributed by atoms with Crippen LogP contribution < -0.4 is 19.5 Å². The number of ether oxygens (including phenoxy) is 2. The number of fused-ring (bicyclic) bond motifs is 1. The van der Waals surface area contributed by atoms with Crippen LogP contribution in [0, 0.1) is 6.92 Å². The Morgan fingerprint density at radius 3 is 2.66 bits per heavy atom. The van der Waals surface area contributed by atoms with E-state index in [1.54, 1.807) is 12.1 Å². The number of nitrogens with zero attached hydrogens (tertiary/aromatic N) is 1. The molecular formula is C19H25N3O6S. The maximum Gasteiger partial charge on any atom is 0.240 e. The third-order valence-electron chi connectivity index (χ3n) is 4.33. The Balaban J connectivity index is 1.33. The molecule has 0 radical (unpaired) electrons. The average Bonchev–Trinajstić information content (AvgIpc) is 3.14. The molecule has 0 saturated carbocycles. The minimum atomic E-state index is -3.62. The van der Waals surface area contributed by atoms with Crippen LogP contribution in [-0.2, 0) is 21.4 Å². The monoisotopic (exact) mass is 423 g/mol. The number of carbonyl (C=O) groups excluding carboxylic acids is 1. The molecule has 0 spiro atoms. The van der Waals surface area contributed by atoms with Crippen molar-refractivity contribution < 1.29 is 27.2 Å². The van der Waals surface area contributed by atoms with E-state index < -0.39 is 10.0 Å². The quantitative estimate of drug-likeness (QED) is 0.560. The molecule has 1 aliphatic heterocycles. The number of amides is 1. The second-order valence-corrected chi connectivity index (χ2v) is 8.49.